The Kier molecular flexibility index (Phi) is 5.85. The van der Waals surface area contributed by atoms with E-state index in [1.54, 1.807) is 18.2 Å². The summed E-state index contributed by atoms with van der Waals surface area (Å²) in [5, 5.41) is 20.5. The van der Waals surface area contributed by atoms with Crippen molar-refractivity contribution < 1.29 is 18.3 Å². The van der Waals surface area contributed by atoms with Gasteiger partial charge >= 0.3 is 0 Å². The molecule has 0 saturated carbocycles. The Morgan fingerprint density at radius 3 is 2.55 bits per heavy atom. The van der Waals surface area contributed by atoms with Crippen LogP contribution in [0.2, 0.25) is 0 Å². The van der Waals surface area contributed by atoms with Gasteiger partial charge in [0.15, 0.2) is 0 Å². The Morgan fingerprint density at radius 2 is 1.93 bits per heavy atom. The van der Waals surface area contributed by atoms with Crippen molar-refractivity contribution in [2.45, 2.75) is 31.6 Å². The minimum Gasteiger partial charge on any atom is -0.485 e. The lowest BCUT2D eigenvalue weighted by molar-refractivity contribution is -0.0586. The number of fused-ring (bicyclic) bond motifs is 1. The van der Waals surface area contributed by atoms with Crippen LogP contribution in [0.15, 0.2) is 48.5 Å². The summed E-state index contributed by atoms with van der Waals surface area (Å²) < 4.78 is 31.6. The van der Waals surface area contributed by atoms with E-state index in [4.69, 9.17) is 4.74 Å². The number of hydrogen-bond acceptors (Lipinski definition) is 6. The predicted molar refractivity (Wildman–Crippen MR) is 111 cm³/mol. The monoisotopic (exact) mass is 415 g/mol. The van der Waals surface area contributed by atoms with E-state index in [1.807, 2.05) is 49.1 Å². The van der Waals surface area contributed by atoms with Crippen molar-refractivity contribution in [3.8, 4) is 11.8 Å². The minimum atomic E-state index is -3.35. The van der Waals surface area contributed by atoms with Crippen molar-refractivity contribution in [3.63, 3.8) is 0 Å². The second-order valence-electron chi connectivity index (χ2n) is 7.66. The molecule has 2 N–H and O–H groups in total. The molecule has 2 aromatic carbocycles. The molecule has 0 spiro atoms. The number of para-hydroxylation sites is 1. The molecule has 154 valence electrons. The van der Waals surface area contributed by atoms with Gasteiger partial charge in [0.2, 0.25) is 10.0 Å². The zero-order chi connectivity index (χ0) is 21.2. The number of nitrogens with zero attached hydrogens (tertiary/aromatic N) is 2. The van der Waals surface area contributed by atoms with Crippen molar-refractivity contribution >= 4 is 15.7 Å². The van der Waals surface area contributed by atoms with Crippen LogP contribution in [0.25, 0.3) is 0 Å². The Morgan fingerprint density at radius 1 is 1.24 bits per heavy atom. The predicted octanol–water partition coefficient (Wildman–Crippen LogP) is 2.19. The highest BCUT2D eigenvalue weighted by molar-refractivity contribution is 7.88. The Hall–Kier alpha value is -2.60. The molecule has 1 heterocycles. The number of nitriles is 1. The summed E-state index contributed by atoms with van der Waals surface area (Å²) in [5.41, 5.74) is 1.12. The molecular formula is C21H25N3O4S. The lowest BCUT2D eigenvalue weighted by Crippen LogP contribution is -2.54. The first kappa shape index (κ1) is 21.1. The van der Waals surface area contributed by atoms with Gasteiger partial charge in [0.1, 0.15) is 17.5 Å². The van der Waals surface area contributed by atoms with Crippen molar-refractivity contribution in [3.05, 3.63) is 59.7 Å². The smallest absolute Gasteiger partial charge is 0.208 e. The first-order chi connectivity index (χ1) is 13.6. The molecule has 29 heavy (non-hydrogen) atoms. The van der Waals surface area contributed by atoms with Gasteiger partial charge in [0, 0.05) is 24.3 Å². The summed E-state index contributed by atoms with van der Waals surface area (Å²) >= 11 is 0. The van der Waals surface area contributed by atoms with Crippen LogP contribution in [-0.4, -0.2) is 44.6 Å². The van der Waals surface area contributed by atoms with Gasteiger partial charge in [0.25, 0.3) is 0 Å². The number of benzene rings is 2. The maximum absolute atomic E-state index is 11.5. The molecule has 1 aliphatic rings. The molecule has 2 aromatic rings. The second-order valence-corrected chi connectivity index (χ2v) is 9.49. The molecular weight excluding hydrogens is 390 g/mol. The Labute approximate surface area is 171 Å². The first-order valence-electron chi connectivity index (χ1n) is 9.30. The number of rotatable bonds is 6. The number of nitrogens with one attached hydrogen (secondary N) is 1. The van der Waals surface area contributed by atoms with Crippen LogP contribution in [-0.2, 0) is 10.0 Å². The van der Waals surface area contributed by atoms with Crippen molar-refractivity contribution in [2.75, 3.05) is 24.2 Å². The van der Waals surface area contributed by atoms with Crippen LogP contribution in [0.1, 0.15) is 31.0 Å². The van der Waals surface area contributed by atoms with E-state index < -0.39 is 27.8 Å². The van der Waals surface area contributed by atoms with Gasteiger partial charge in [-0.1, -0.05) is 18.2 Å². The Balaban J connectivity index is 2.08. The lowest BCUT2D eigenvalue weighted by atomic mass is 9.84. The molecule has 3 rings (SSSR count). The van der Waals surface area contributed by atoms with Gasteiger partial charge < -0.3 is 14.7 Å². The number of ether oxygens (including phenoxy) is 1. The molecule has 0 radical (unpaired) electrons. The molecule has 0 bridgehead atoms. The van der Waals surface area contributed by atoms with Crippen LogP contribution >= 0.6 is 0 Å². The zero-order valence-electron chi connectivity index (χ0n) is 16.7. The number of anilines is 1. The van der Waals surface area contributed by atoms with Gasteiger partial charge in [-0.2, -0.15) is 5.26 Å². The molecule has 0 aromatic heterocycles. The SMILES string of the molecule is CC1(C)Oc2ccc(C#N)cc2C(N(CCNS(C)(=O)=O)c2ccccc2)C1O. The molecule has 1 aliphatic heterocycles. The topological polar surface area (TPSA) is 103 Å². The summed E-state index contributed by atoms with van der Waals surface area (Å²) in [4.78, 5) is 1.95. The fraction of sp³-hybridized carbons (Fsp3) is 0.381. The highest BCUT2D eigenvalue weighted by Gasteiger charge is 2.45. The van der Waals surface area contributed by atoms with Crippen molar-refractivity contribution in [1.29, 1.82) is 5.26 Å². The number of sulfonamides is 1. The largest absolute Gasteiger partial charge is 0.485 e. The van der Waals surface area contributed by atoms with Crippen LogP contribution < -0.4 is 14.4 Å². The van der Waals surface area contributed by atoms with E-state index in [0.29, 0.717) is 23.4 Å². The molecule has 0 fully saturated rings. The highest BCUT2D eigenvalue weighted by atomic mass is 32.2. The molecule has 7 nitrogen and oxygen atoms in total. The molecule has 2 unspecified atom stereocenters. The van der Waals surface area contributed by atoms with Gasteiger partial charge in [-0.15, -0.1) is 0 Å². The van der Waals surface area contributed by atoms with E-state index in [2.05, 4.69) is 10.8 Å². The average molecular weight is 416 g/mol. The van der Waals surface area contributed by atoms with Gasteiger partial charge in [-0.05, 0) is 44.2 Å². The van der Waals surface area contributed by atoms with Gasteiger partial charge in [0.05, 0.1) is 23.9 Å². The second kappa shape index (κ2) is 8.03. The number of hydrogen-bond donors (Lipinski definition) is 2. The summed E-state index contributed by atoms with van der Waals surface area (Å²) in [7, 11) is -3.35. The van der Waals surface area contributed by atoms with Crippen LogP contribution in [0, 0.1) is 11.3 Å². The van der Waals surface area contributed by atoms with Gasteiger partial charge in [-0.25, -0.2) is 13.1 Å². The lowest BCUT2D eigenvalue weighted by Gasteiger charge is -2.47. The van der Waals surface area contributed by atoms with E-state index in [9.17, 15) is 18.8 Å². The van der Waals surface area contributed by atoms with E-state index in [-0.39, 0.29) is 6.54 Å². The molecule has 8 heteroatoms. The maximum Gasteiger partial charge on any atom is 0.208 e. The molecule has 0 amide bonds. The Bertz CT molecular complexity index is 1020. The zero-order valence-corrected chi connectivity index (χ0v) is 17.5. The van der Waals surface area contributed by atoms with E-state index in [1.165, 1.54) is 0 Å². The van der Waals surface area contributed by atoms with Crippen LogP contribution in [0.3, 0.4) is 0 Å². The molecule has 0 saturated heterocycles. The summed E-state index contributed by atoms with van der Waals surface area (Å²) in [6.07, 6.45) is 0.197. The quantitative estimate of drug-likeness (QED) is 0.750. The third-order valence-electron chi connectivity index (χ3n) is 4.98. The fourth-order valence-electron chi connectivity index (χ4n) is 3.57. The summed E-state index contributed by atoms with van der Waals surface area (Å²) in [6, 6.07) is 16.2. The summed E-state index contributed by atoms with van der Waals surface area (Å²) in [5.74, 6) is 0.598. The molecule has 2 atom stereocenters. The van der Waals surface area contributed by atoms with Crippen LogP contribution in [0.5, 0.6) is 5.75 Å². The first-order valence-corrected chi connectivity index (χ1v) is 11.2. The van der Waals surface area contributed by atoms with Crippen LogP contribution in [0.4, 0.5) is 5.69 Å². The van der Waals surface area contributed by atoms with Crippen molar-refractivity contribution in [2.24, 2.45) is 0 Å². The average Bonchev–Trinajstić information content (AvgIpc) is 2.66. The number of aliphatic hydroxyl groups is 1. The normalized spacial score (nSPS) is 20.2. The summed E-state index contributed by atoms with van der Waals surface area (Å²) in [6.45, 7) is 4.12. The van der Waals surface area contributed by atoms with E-state index >= 15 is 0 Å². The number of aliphatic hydroxyl groups excluding tert-OH is 1. The van der Waals surface area contributed by atoms with Crippen molar-refractivity contribution in [1.82, 2.24) is 4.72 Å². The maximum atomic E-state index is 11.5. The van der Waals surface area contributed by atoms with E-state index in [0.717, 1.165) is 11.9 Å². The fourth-order valence-corrected chi connectivity index (χ4v) is 4.04. The third-order valence-corrected chi connectivity index (χ3v) is 5.71. The highest BCUT2D eigenvalue weighted by Crippen LogP contribution is 2.44. The standard InChI is InChI=1S/C21H25N3O4S/c1-21(2)20(25)19(17-13-15(14-22)9-10-18(17)28-21)24(12-11-23-29(3,26)27)16-7-5-4-6-8-16/h4-10,13,19-20,23,25H,11-12H2,1-3H3. The van der Waals surface area contributed by atoms with Gasteiger partial charge in [-0.3, -0.25) is 0 Å². The molecule has 0 aliphatic carbocycles. The third kappa shape index (κ3) is 4.70. The minimum absolute atomic E-state index is 0.172.